The first kappa shape index (κ1) is 22.4. The Morgan fingerprint density at radius 3 is 2.86 bits per heavy atom. The van der Waals surface area contributed by atoms with E-state index in [1.54, 1.807) is 24.5 Å². The van der Waals surface area contributed by atoms with E-state index in [0.717, 1.165) is 42.4 Å². The van der Waals surface area contributed by atoms with Gasteiger partial charge in [-0.25, -0.2) is 9.37 Å². The fourth-order valence-electron chi connectivity index (χ4n) is 5.90. The Labute approximate surface area is 201 Å². The van der Waals surface area contributed by atoms with E-state index in [1.165, 1.54) is 6.07 Å². The van der Waals surface area contributed by atoms with E-state index < -0.39 is 11.6 Å². The Bertz CT molecular complexity index is 1460. The average molecular weight is 478 g/mol. The number of fused-ring (bicyclic) bond motifs is 5. The van der Waals surface area contributed by atoms with Crippen molar-refractivity contribution in [1.29, 1.82) is 0 Å². The lowest BCUT2D eigenvalue weighted by molar-refractivity contribution is -0.149. The van der Waals surface area contributed by atoms with E-state index in [2.05, 4.69) is 5.32 Å². The lowest BCUT2D eigenvalue weighted by atomic mass is 9.85. The second kappa shape index (κ2) is 7.96. The van der Waals surface area contributed by atoms with Gasteiger partial charge in [0.1, 0.15) is 18.0 Å². The Balaban J connectivity index is 1.61. The maximum atomic E-state index is 14.6. The lowest BCUT2D eigenvalue weighted by Crippen LogP contribution is -2.32. The summed E-state index contributed by atoms with van der Waals surface area (Å²) in [4.78, 5) is 30.7. The number of nitrogens with zero attached hydrogens (tertiary/aromatic N) is 2. The van der Waals surface area contributed by atoms with Gasteiger partial charge in [0.05, 0.1) is 35.4 Å². The second-order valence-corrected chi connectivity index (χ2v) is 10.1. The van der Waals surface area contributed by atoms with Crippen molar-refractivity contribution in [3.05, 3.63) is 62.2 Å². The molecule has 7 nitrogen and oxygen atoms in total. The predicted octanol–water partition coefficient (Wildman–Crippen LogP) is 3.07. The number of benzene rings is 1. The summed E-state index contributed by atoms with van der Waals surface area (Å²) in [7, 11) is 0. The molecule has 2 N–H and O–H groups in total. The highest BCUT2D eigenvalue weighted by atomic mass is 19.1. The van der Waals surface area contributed by atoms with Gasteiger partial charge in [0.15, 0.2) is 0 Å². The van der Waals surface area contributed by atoms with Gasteiger partial charge in [0, 0.05) is 17.0 Å². The summed E-state index contributed by atoms with van der Waals surface area (Å²) in [6, 6.07) is 5.13. The molecule has 3 aliphatic heterocycles. The van der Waals surface area contributed by atoms with E-state index in [0.29, 0.717) is 46.1 Å². The highest BCUT2D eigenvalue weighted by molar-refractivity contribution is 5.89. The van der Waals surface area contributed by atoms with E-state index in [9.17, 15) is 19.1 Å². The summed E-state index contributed by atoms with van der Waals surface area (Å²) < 4.78 is 21.5. The summed E-state index contributed by atoms with van der Waals surface area (Å²) in [5.74, 6) is -0.387. The highest BCUT2D eigenvalue weighted by Gasteiger charge is 2.40. The van der Waals surface area contributed by atoms with Crippen LogP contribution in [0.25, 0.3) is 22.3 Å². The maximum Gasteiger partial charge on any atom is 0.309 e. The molecule has 1 fully saturated rings. The van der Waals surface area contributed by atoms with Crippen LogP contribution in [0.1, 0.15) is 54.0 Å². The first-order valence-electron chi connectivity index (χ1n) is 12.3. The molecule has 1 aromatic carbocycles. The van der Waals surface area contributed by atoms with Crippen molar-refractivity contribution in [3.63, 3.8) is 0 Å². The van der Waals surface area contributed by atoms with Gasteiger partial charge in [0.25, 0.3) is 5.56 Å². The fraction of sp³-hybridized carbons (Fsp3) is 0.444. The number of carbonyl (C=O) groups excluding carboxylic acids is 1. The fourth-order valence-corrected chi connectivity index (χ4v) is 5.90. The quantitative estimate of drug-likeness (QED) is 0.441. The molecule has 0 radical (unpaired) electrons. The standard InChI is InChI=1S/C27H28FN3O4/c1-3-27(34)10-24(32)35-13-19-20(27)8-23-25-18(12-31(23)26(19)33)16(7-15-4-5-29-11-15)17-6-14(2)21(28)9-22(17)30-25/h6,8-9,15,29,34H,3-5,7,10-13H2,1-2H3. The zero-order chi connectivity index (χ0) is 24.5. The summed E-state index contributed by atoms with van der Waals surface area (Å²) in [5.41, 5.74) is 3.43. The van der Waals surface area contributed by atoms with Gasteiger partial charge in [-0.15, -0.1) is 0 Å². The Morgan fingerprint density at radius 1 is 1.29 bits per heavy atom. The number of hydrogen-bond donors (Lipinski definition) is 2. The van der Waals surface area contributed by atoms with Crippen molar-refractivity contribution in [1.82, 2.24) is 14.9 Å². The SMILES string of the molecule is CCC1(O)CC(=O)OCc2c1cc1n(c2=O)Cc2c-1nc1cc(F)c(C)cc1c2CC1CCNC1. The molecule has 2 unspecified atom stereocenters. The number of esters is 1. The number of cyclic esters (lactones) is 1. The van der Waals surface area contributed by atoms with Gasteiger partial charge in [-0.1, -0.05) is 6.92 Å². The Morgan fingerprint density at radius 2 is 2.11 bits per heavy atom. The molecule has 35 heavy (non-hydrogen) atoms. The third-order valence-corrected chi connectivity index (χ3v) is 8.00. The monoisotopic (exact) mass is 477 g/mol. The summed E-state index contributed by atoms with van der Waals surface area (Å²) in [5, 5.41) is 15.7. The van der Waals surface area contributed by atoms with E-state index in [4.69, 9.17) is 9.72 Å². The third kappa shape index (κ3) is 3.42. The summed E-state index contributed by atoms with van der Waals surface area (Å²) >= 11 is 0. The number of aliphatic hydroxyl groups is 1. The number of hydrogen-bond acceptors (Lipinski definition) is 6. The Kier molecular flexibility index (Phi) is 5.09. The van der Waals surface area contributed by atoms with E-state index >= 15 is 0 Å². The zero-order valence-electron chi connectivity index (χ0n) is 19.9. The molecule has 5 heterocycles. The molecular weight excluding hydrogens is 449 g/mol. The van der Waals surface area contributed by atoms with Crippen molar-refractivity contribution < 1.29 is 19.0 Å². The minimum atomic E-state index is -1.49. The molecule has 0 spiro atoms. The van der Waals surface area contributed by atoms with Crippen molar-refractivity contribution in [2.24, 2.45) is 5.92 Å². The van der Waals surface area contributed by atoms with Crippen LogP contribution >= 0.6 is 0 Å². The van der Waals surface area contributed by atoms with Crippen LogP contribution in [0.3, 0.4) is 0 Å². The van der Waals surface area contributed by atoms with E-state index in [-0.39, 0.29) is 30.8 Å². The second-order valence-electron chi connectivity index (χ2n) is 10.1. The van der Waals surface area contributed by atoms with Crippen LogP contribution in [0.15, 0.2) is 23.0 Å². The van der Waals surface area contributed by atoms with E-state index in [1.807, 2.05) is 6.07 Å². The molecule has 8 heteroatoms. The largest absolute Gasteiger partial charge is 0.460 e. The van der Waals surface area contributed by atoms with Crippen molar-refractivity contribution in [2.45, 2.75) is 58.3 Å². The molecule has 2 atom stereocenters. The van der Waals surface area contributed by atoms with Crippen LogP contribution in [-0.2, 0) is 34.7 Å². The number of rotatable bonds is 3. The number of pyridine rings is 2. The van der Waals surface area contributed by atoms with Crippen LogP contribution in [-0.4, -0.2) is 33.7 Å². The normalized spacial score (nSPS) is 23.1. The number of halogens is 1. The first-order chi connectivity index (χ1) is 16.8. The topological polar surface area (TPSA) is 93.5 Å². The minimum Gasteiger partial charge on any atom is -0.460 e. The van der Waals surface area contributed by atoms with Crippen LogP contribution in [0, 0.1) is 18.7 Å². The van der Waals surface area contributed by atoms with Gasteiger partial charge in [-0.3, -0.25) is 9.59 Å². The molecule has 0 amide bonds. The lowest BCUT2D eigenvalue weighted by Gasteiger charge is -2.26. The number of carbonyl (C=O) groups is 1. The first-order valence-corrected chi connectivity index (χ1v) is 12.3. The molecule has 6 rings (SSSR count). The minimum absolute atomic E-state index is 0.160. The molecule has 0 saturated carbocycles. The van der Waals surface area contributed by atoms with Crippen LogP contribution in [0.5, 0.6) is 0 Å². The smallest absolute Gasteiger partial charge is 0.309 e. The number of ether oxygens (including phenoxy) is 1. The Hall–Kier alpha value is -3.10. The molecule has 1 saturated heterocycles. The molecular formula is C27H28FN3O4. The van der Waals surface area contributed by atoms with Gasteiger partial charge >= 0.3 is 5.97 Å². The average Bonchev–Trinajstić information content (AvgIpc) is 3.44. The summed E-state index contributed by atoms with van der Waals surface area (Å²) in [6.45, 7) is 5.63. The molecule has 0 aliphatic carbocycles. The van der Waals surface area contributed by atoms with Gasteiger partial charge in [-0.05, 0) is 74.0 Å². The predicted molar refractivity (Wildman–Crippen MR) is 129 cm³/mol. The van der Waals surface area contributed by atoms with Gasteiger partial charge in [0.2, 0.25) is 0 Å². The van der Waals surface area contributed by atoms with Crippen molar-refractivity contribution in [2.75, 3.05) is 13.1 Å². The number of aryl methyl sites for hydroxylation is 1. The maximum absolute atomic E-state index is 14.6. The van der Waals surface area contributed by atoms with Gasteiger partial charge < -0.3 is 19.7 Å². The molecule has 3 aromatic rings. The third-order valence-electron chi connectivity index (χ3n) is 8.00. The highest BCUT2D eigenvalue weighted by Crippen LogP contribution is 2.41. The van der Waals surface area contributed by atoms with Crippen LogP contribution in [0.4, 0.5) is 4.39 Å². The molecule has 0 bridgehead atoms. The van der Waals surface area contributed by atoms with Crippen LogP contribution in [0.2, 0.25) is 0 Å². The zero-order valence-corrected chi connectivity index (χ0v) is 19.9. The van der Waals surface area contributed by atoms with Crippen molar-refractivity contribution >= 4 is 16.9 Å². The molecule has 2 aromatic heterocycles. The summed E-state index contributed by atoms with van der Waals surface area (Å²) in [6.07, 6.45) is 1.94. The van der Waals surface area contributed by atoms with Crippen molar-refractivity contribution in [3.8, 4) is 11.4 Å². The number of aromatic nitrogens is 2. The molecule has 182 valence electrons. The van der Waals surface area contributed by atoms with Crippen LogP contribution < -0.4 is 10.9 Å². The van der Waals surface area contributed by atoms with Gasteiger partial charge in [-0.2, -0.15) is 0 Å². The molecule has 3 aliphatic rings. The number of nitrogens with one attached hydrogen (secondary N) is 1.